The minimum Gasteiger partial charge on any atom is -0.508 e. The van der Waals surface area contributed by atoms with Gasteiger partial charge >= 0.3 is 0 Å². The van der Waals surface area contributed by atoms with Gasteiger partial charge in [-0.2, -0.15) is 0 Å². The van der Waals surface area contributed by atoms with Crippen LogP contribution in [-0.4, -0.2) is 23.2 Å². The highest BCUT2D eigenvalue weighted by Gasteiger charge is 2.11. The molecule has 2 N–H and O–H groups in total. The maximum Gasteiger partial charge on any atom is 0.121 e. The number of phenolic OH excluding ortho intramolecular Hbond substituents is 1. The Morgan fingerprint density at radius 2 is 2.23 bits per heavy atom. The second kappa shape index (κ2) is 4.35. The molecule has 0 aliphatic rings. The number of phenols is 1. The molecular formula is C9H11ClO3. The Balaban J connectivity index is 3.03. The molecule has 1 aromatic carbocycles. The summed E-state index contributed by atoms with van der Waals surface area (Å²) in [6.07, 6.45) is -0.864. The monoisotopic (exact) mass is 202 g/mol. The molecule has 0 aromatic heterocycles. The van der Waals surface area contributed by atoms with Gasteiger partial charge in [-0.3, -0.25) is 0 Å². The maximum atomic E-state index is 9.38. The number of rotatable bonds is 3. The smallest absolute Gasteiger partial charge is 0.121 e. The van der Waals surface area contributed by atoms with E-state index in [4.69, 9.17) is 16.3 Å². The molecule has 0 aliphatic heterocycles. The number of aromatic hydroxyl groups is 1. The first kappa shape index (κ1) is 10.2. The minimum atomic E-state index is -0.864. The number of benzene rings is 1. The van der Waals surface area contributed by atoms with Crippen LogP contribution in [0.1, 0.15) is 11.7 Å². The molecular weight excluding hydrogens is 192 g/mol. The van der Waals surface area contributed by atoms with Crippen molar-refractivity contribution >= 4 is 11.6 Å². The molecule has 1 aromatic rings. The van der Waals surface area contributed by atoms with Gasteiger partial charge in [-0.1, -0.05) is 0 Å². The van der Waals surface area contributed by atoms with Crippen molar-refractivity contribution in [2.75, 3.05) is 13.0 Å². The minimum absolute atomic E-state index is 0.0222. The Labute approximate surface area is 81.5 Å². The topological polar surface area (TPSA) is 49.7 Å². The fourth-order valence-corrected chi connectivity index (χ4v) is 1.18. The molecule has 0 aliphatic carbocycles. The lowest BCUT2D eigenvalue weighted by molar-refractivity contribution is 0.197. The average Bonchev–Trinajstić information content (AvgIpc) is 2.17. The molecule has 0 bridgehead atoms. The largest absolute Gasteiger partial charge is 0.508 e. The van der Waals surface area contributed by atoms with Crippen LogP contribution in [0.4, 0.5) is 0 Å². The highest BCUT2D eigenvalue weighted by Crippen LogP contribution is 2.28. The number of halogens is 1. The Kier molecular flexibility index (Phi) is 3.39. The normalized spacial score (nSPS) is 12.5. The van der Waals surface area contributed by atoms with Crippen molar-refractivity contribution in [2.45, 2.75) is 6.10 Å². The number of methoxy groups -OCH3 is 1. The molecule has 4 heteroatoms. The average molecular weight is 203 g/mol. The lowest BCUT2D eigenvalue weighted by Gasteiger charge is -2.10. The summed E-state index contributed by atoms with van der Waals surface area (Å²) in [6.45, 7) is 0. The van der Waals surface area contributed by atoms with Crippen LogP contribution in [0.2, 0.25) is 0 Å². The summed E-state index contributed by atoms with van der Waals surface area (Å²) in [4.78, 5) is 0. The van der Waals surface area contributed by atoms with Gasteiger partial charge in [0, 0.05) is 5.56 Å². The van der Waals surface area contributed by atoms with E-state index in [-0.39, 0.29) is 11.6 Å². The third-order valence-corrected chi connectivity index (χ3v) is 2.03. The molecule has 72 valence electrons. The van der Waals surface area contributed by atoms with E-state index in [2.05, 4.69) is 0 Å². The first-order chi connectivity index (χ1) is 6.19. The first-order valence-corrected chi connectivity index (χ1v) is 4.33. The Bertz CT molecular complexity index is 288. The van der Waals surface area contributed by atoms with E-state index in [0.29, 0.717) is 11.3 Å². The molecule has 0 heterocycles. The summed E-state index contributed by atoms with van der Waals surface area (Å²) in [5.41, 5.74) is 0.384. The molecule has 13 heavy (non-hydrogen) atoms. The summed E-state index contributed by atoms with van der Waals surface area (Å²) < 4.78 is 4.94. The Morgan fingerprint density at radius 1 is 1.54 bits per heavy atom. The standard InChI is InChI=1S/C9H11ClO3/c1-13-6-2-3-8(11)7(4-6)9(12)5-10/h2-4,9,11-12H,5H2,1H3. The lowest BCUT2D eigenvalue weighted by Crippen LogP contribution is -1.99. The van der Waals surface area contributed by atoms with Crippen LogP contribution >= 0.6 is 11.6 Å². The number of alkyl halides is 1. The van der Waals surface area contributed by atoms with Crippen LogP contribution in [0.15, 0.2) is 18.2 Å². The number of hydrogen-bond acceptors (Lipinski definition) is 3. The van der Waals surface area contributed by atoms with E-state index in [1.165, 1.54) is 13.2 Å². The molecule has 0 spiro atoms. The van der Waals surface area contributed by atoms with Gasteiger partial charge in [0.05, 0.1) is 19.1 Å². The van der Waals surface area contributed by atoms with Gasteiger partial charge in [0.2, 0.25) is 0 Å². The van der Waals surface area contributed by atoms with Crippen LogP contribution in [0.5, 0.6) is 11.5 Å². The van der Waals surface area contributed by atoms with Gasteiger partial charge in [0.25, 0.3) is 0 Å². The quantitative estimate of drug-likeness (QED) is 0.734. The van der Waals surface area contributed by atoms with Crippen LogP contribution in [0, 0.1) is 0 Å². The van der Waals surface area contributed by atoms with Gasteiger partial charge in [-0.25, -0.2) is 0 Å². The van der Waals surface area contributed by atoms with Crippen LogP contribution < -0.4 is 4.74 Å². The molecule has 1 atom stereocenters. The van der Waals surface area contributed by atoms with Crippen molar-refractivity contribution in [3.8, 4) is 11.5 Å². The van der Waals surface area contributed by atoms with E-state index in [0.717, 1.165) is 0 Å². The molecule has 1 rings (SSSR count). The zero-order chi connectivity index (χ0) is 9.84. The van der Waals surface area contributed by atoms with E-state index in [1.807, 2.05) is 0 Å². The van der Waals surface area contributed by atoms with E-state index in [9.17, 15) is 10.2 Å². The van der Waals surface area contributed by atoms with Gasteiger partial charge in [0.1, 0.15) is 11.5 Å². The van der Waals surface area contributed by atoms with E-state index in [1.54, 1.807) is 12.1 Å². The predicted molar refractivity (Wildman–Crippen MR) is 50.3 cm³/mol. The number of ether oxygens (including phenoxy) is 1. The molecule has 0 amide bonds. The zero-order valence-corrected chi connectivity index (χ0v) is 7.95. The predicted octanol–water partition coefficient (Wildman–Crippen LogP) is 1.67. The van der Waals surface area contributed by atoms with E-state index >= 15 is 0 Å². The van der Waals surface area contributed by atoms with Crippen LogP contribution in [-0.2, 0) is 0 Å². The summed E-state index contributed by atoms with van der Waals surface area (Å²) in [6, 6.07) is 4.63. The fourth-order valence-electron chi connectivity index (χ4n) is 1.01. The summed E-state index contributed by atoms with van der Waals surface area (Å²) in [7, 11) is 1.52. The molecule has 1 unspecified atom stereocenters. The molecule has 0 saturated carbocycles. The zero-order valence-electron chi connectivity index (χ0n) is 7.20. The van der Waals surface area contributed by atoms with Crippen LogP contribution in [0.3, 0.4) is 0 Å². The molecule has 0 fully saturated rings. The molecule has 3 nitrogen and oxygen atoms in total. The van der Waals surface area contributed by atoms with Gasteiger partial charge < -0.3 is 14.9 Å². The first-order valence-electron chi connectivity index (χ1n) is 3.80. The second-order valence-electron chi connectivity index (χ2n) is 2.59. The van der Waals surface area contributed by atoms with Crippen molar-refractivity contribution < 1.29 is 14.9 Å². The highest BCUT2D eigenvalue weighted by molar-refractivity contribution is 6.18. The SMILES string of the molecule is COc1ccc(O)c(C(O)CCl)c1. The number of aliphatic hydroxyl groups is 1. The summed E-state index contributed by atoms with van der Waals surface area (Å²) in [5.74, 6) is 0.645. The summed E-state index contributed by atoms with van der Waals surface area (Å²) >= 11 is 5.45. The third kappa shape index (κ3) is 2.26. The number of hydrogen-bond donors (Lipinski definition) is 2. The van der Waals surface area contributed by atoms with Gasteiger partial charge in [-0.05, 0) is 18.2 Å². The maximum absolute atomic E-state index is 9.38. The Hall–Kier alpha value is -0.930. The van der Waals surface area contributed by atoms with Gasteiger partial charge in [0.15, 0.2) is 0 Å². The summed E-state index contributed by atoms with van der Waals surface area (Å²) in [5, 5.41) is 18.7. The highest BCUT2D eigenvalue weighted by atomic mass is 35.5. The Morgan fingerprint density at radius 3 is 2.77 bits per heavy atom. The molecule has 0 saturated heterocycles. The fraction of sp³-hybridized carbons (Fsp3) is 0.333. The second-order valence-corrected chi connectivity index (χ2v) is 2.90. The third-order valence-electron chi connectivity index (χ3n) is 1.74. The van der Waals surface area contributed by atoms with Crippen molar-refractivity contribution in [1.29, 1.82) is 0 Å². The van der Waals surface area contributed by atoms with Crippen LogP contribution in [0.25, 0.3) is 0 Å². The lowest BCUT2D eigenvalue weighted by atomic mass is 10.1. The van der Waals surface area contributed by atoms with Crippen molar-refractivity contribution in [3.05, 3.63) is 23.8 Å². The van der Waals surface area contributed by atoms with Crippen molar-refractivity contribution in [3.63, 3.8) is 0 Å². The van der Waals surface area contributed by atoms with Crippen molar-refractivity contribution in [1.82, 2.24) is 0 Å². The number of aliphatic hydroxyl groups excluding tert-OH is 1. The van der Waals surface area contributed by atoms with Crippen molar-refractivity contribution in [2.24, 2.45) is 0 Å². The molecule has 0 radical (unpaired) electrons. The van der Waals surface area contributed by atoms with E-state index < -0.39 is 6.10 Å². The van der Waals surface area contributed by atoms with Gasteiger partial charge in [-0.15, -0.1) is 11.6 Å².